The standard InChI is InChI=1S/C13H13BrFN3O/c1-2-12(19)16-13-10(14)8-18(17-13)7-9-5-3-4-6-11(9)15/h3-6,8H,2,7H2,1H3,(H,16,17,19). The second-order valence-electron chi connectivity index (χ2n) is 4.02. The van der Waals surface area contributed by atoms with E-state index < -0.39 is 0 Å². The van der Waals surface area contributed by atoms with Crippen LogP contribution in [-0.4, -0.2) is 15.7 Å². The van der Waals surface area contributed by atoms with Crippen LogP contribution in [0.3, 0.4) is 0 Å². The number of benzene rings is 1. The molecule has 0 aliphatic carbocycles. The predicted molar refractivity (Wildman–Crippen MR) is 74.3 cm³/mol. The molecule has 4 nitrogen and oxygen atoms in total. The Morgan fingerprint density at radius 3 is 2.89 bits per heavy atom. The van der Waals surface area contributed by atoms with E-state index in [4.69, 9.17) is 0 Å². The highest BCUT2D eigenvalue weighted by molar-refractivity contribution is 9.10. The molecule has 0 saturated heterocycles. The van der Waals surface area contributed by atoms with Crippen LogP contribution in [0.15, 0.2) is 34.9 Å². The van der Waals surface area contributed by atoms with E-state index in [1.165, 1.54) is 6.07 Å². The number of nitrogens with one attached hydrogen (secondary N) is 1. The van der Waals surface area contributed by atoms with Gasteiger partial charge in [0.2, 0.25) is 5.91 Å². The lowest BCUT2D eigenvalue weighted by Gasteiger charge is -2.03. The maximum Gasteiger partial charge on any atom is 0.225 e. The van der Waals surface area contributed by atoms with Crippen molar-refractivity contribution < 1.29 is 9.18 Å². The number of aromatic nitrogens is 2. The van der Waals surface area contributed by atoms with Crippen LogP contribution in [0.1, 0.15) is 18.9 Å². The van der Waals surface area contributed by atoms with Crippen LogP contribution in [0.5, 0.6) is 0 Å². The number of carbonyl (C=O) groups excluding carboxylic acids is 1. The lowest BCUT2D eigenvalue weighted by atomic mass is 10.2. The highest BCUT2D eigenvalue weighted by atomic mass is 79.9. The molecular weight excluding hydrogens is 313 g/mol. The second-order valence-corrected chi connectivity index (χ2v) is 4.87. The number of nitrogens with zero attached hydrogens (tertiary/aromatic N) is 2. The van der Waals surface area contributed by atoms with Gasteiger partial charge in [-0.2, -0.15) is 5.10 Å². The van der Waals surface area contributed by atoms with E-state index in [-0.39, 0.29) is 11.7 Å². The molecule has 2 rings (SSSR count). The molecule has 0 aliphatic heterocycles. The van der Waals surface area contributed by atoms with Gasteiger partial charge in [-0.3, -0.25) is 9.48 Å². The van der Waals surface area contributed by atoms with Crippen molar-refractivity contribution in [2.24, 2.45) is 0 Å². The molecule has 0 atom stereocenters. The Kier molecular flexibility index (Phi) is 4.31. The Labute approximate surface area is 118 Å². The minimum absolute atomic E-state index is 0.114. The van der Waals surface area contributed by atoms with Gasteiger partial charge in [-0.15, -0.1) is 0 Å². The minimum atomic E-state index is -0.270. The average molecular weight is 326 g/mol. The number of rotatable bonds is 4. The second kappa shape index (κ2) is 5.97. The maximum absolute atomic E-state index is 13.5. The van der Waals surface area contributed by atoms with E-state index in [2.05, 4.69) is 26.3 Å². The van der Waals surface area contributed by atoms with Crippen molar-refractivity contribution in [3.8, 4) is 0 Å². The molecule has 1 aromatic heterocycles. The summed E-state index contributed by atoms with van der Waals surface area (Å²) in [6, 6.07) is 6.53. The molecule has 0 unspecified atom stereocenters. The first-order valence-corrected chi connectivity index (χ1v) is 6.65. The molecule has 0 radical (unpaired) electrons. The smallest absolute Gasteiger partial charge is 0.225 e. The van der Waals surface area contributed by atoms with Crippen molar-refractivity contribution in [2.75, 3.05) is 5.32 Å². The van der Waals surface area contributed by atoms with Gasteiger partial charge in [0.1, 0.15) is 5.82 Å². The minimum Gasteiger partial charge on any atom is -0.308 e. The van der Waals surface area contributed by atoms with E-state index in [1.807, 2.05) is 0 Å². The van der Waals surface area contributed by atoms with Crippen LogP contribution in [0.2, 0.25) is 0 Å². The molecule has 0 spiro atoms. The van der Waals surface area contributed by atoms with Gasteiger partial charge in [0.25, 0.3) is 0 Å². The molecule has 0 aliphatic rings. The maximum atomic E-state index is 13.5. The summed E-state index contributed by atoms with van der Waals surface area (Å²) in [5.41, 5.74) is 0.547. The third-order valence-electron chi connectivity index (χ3n) is 2.59. The number of anilines is 1. The molecular formula is C13H13BrFN3O. The number of hydrogen-bond acceptors (Lipinski definition) is 2. The van der Waals surface area contributed by atoms with Crippen molar-refractivity contribution in [3.05, 3.63) is 46.3 Å². The average Bonchev–Trinajstić information content (AvgIpc) is 2.72. The normalized spacial score (nSPS) is 10.5. The van der Waals surface area contributed by atoms with Crippen LogP contribution >= 0.6 is 15.9 Å². The van der Waals surface area contributed by atoms with E-state index in [9.17, 15) is 9.18 Å². The molecule has 1 amide bonds. The van der Waals surface area contributed by atoms with Crippen LogP contribution < -0.4 is 5.32 Å². The number of hydrogen-bond donors (Lipinski definition) is 1. The zero-order valence-electron chi connectivity index (χ0n) is 10.4. The summed E-state index contributed by atoms with van der Waals surface area (Å²) < 4.78 is 15.8. The van der Waals surface area contributed by atoms with Crippen molar-refractivity contribution >= 4 is 27.7 Å². The zero-order chi connectivity index (χ0) is 13.8. The van der Waals surface area contributed by atoms with Crippen molar-refractivity contribution in [2.45, 2.75) is 19.9 Å². The Hall–Kier alpha value is -1.69. The summed E-state index contributed by atoms with van der Waals surface area (Å²) in [5.74, 6) is 0.0632. The van der Waals surface area contributed by atoms with Gasteiger partial charge in [-0.05, 0) is 22.0 Å². The van der Waals surface area contributed by atoms with Crippen molar-refractivity contribution in [3.63, 3.8) is 0 Å². The largest absolute Gasteiger partial charge is 0.308 e. The highest BCUT2D eigenvalue weighted by Crippen LogP contribution is 2.21. The Morgan fingerprint density at radius 2 is 2.21 bits per heavy atom. The first kappa shape index (κ1) is 13.7. The first-order valence-electron chi connectivity index (χ1n) is 5.86. The Morgan fingerprint density at radius 1 is 1.47 bits per heavy atom. The zero-order valence-corrected chi connectivity index (χ0v) is 11.9. The van der Waals surface area contributed by atoms with Gasteiger partial charge in [-0.25, -0.2) is 4.39 Å². The first-order chi connectivity index (χ1) is 9.10. The highest BCUT2D eigenvalue weighted by Gasteiger charge is 2.10. The van der Waals surface area contributed by atoms with Gasteiger partial charge in [0, 0.05) is 18.2 Å². The molecule has 0 bridgehead atoms. The lowest BCUT2D eigenvalue weighted by Crippen LogP contribution is -2.11. The fourth-order valence-electron chi connectivity index (χ4n) is 1.58. The molecule has 0 saturated carbocycles. The van der Waals surface area contributed by atoms with Crippen LogP contribution in [0.25, 0.3) is 0 Å². The number of carbonyl (C=O) groups is 1. The quantitative estimate of drug-likeness (QED) is 0.938. The predicted octanol–water partition coefficient (Wildman–Crippen LogP) is 3.18. The van der Waals surface area contributed by atoms with E-state index in [0.717, 1.165) is 0 Å². The summed E-state index contributed by atoms with van der Waals surface area (Å²) in [6.45, 7) is 2.08. The number of amides is 1. The molecule has 19 heavy (non-hydrogen) atoms. The molecule has 6 heteroatoms. The summed E-state index contributed by atoms with van der Waals surface area (Å²) in [6.07, 6.45) is 2.09. The third kappa shape index (κ3) is 3.41. The van der Waals surface area contributed by atoms with Gasteiger partial charge in [-0.1, -0.05) is 25.1 Å². The van der Waals surface area contributed by atoms with Crippen molar-refractivity contribution in [1.82, 2.24) is 9.78 Å². The van der Waals surface area contributed by atoms with Crippen LogP contribution in [0, 0.1) is 5.82 Å². The van der Waals surface area contributed by atoms with E-state index in [1.54, 1.807) is 36.0 Å². The van der Waals surface area contributed by atoms with Gasteiger partial charge in [0.15, 0.2) is 5.82 Å². The summed E-state index contributed by atoms with van der Waals surface area (Å²) in [7, 11) is 0. The third-order valence-corrected chi connectivity index (χ3v) is 3.17. The Bertz CT molecular complexity index is 597. The summed E-state index contributed by atoms with van der Waals surface area (Å²) >= 11 is 3.31. The van der Waals surface area contributed by atoms with E-state index in [0.29, 0.717) is 28.8 Å². The molecule has 1 heterocycles. The molecule has 2 aromatic rings. The molecule has 1 aromatic carbocycles. The fourth-order valence-corrected chi connectivity index (χ4v) is 2.00. The SMILES string of the molecule is CCC(=O)Nc1nn(Cc2ccccc2F)cc1Br. The number of halogens is 2. The molecule has 100 valence electrons. The monoisotopic (exact) mass is 325 g/mol. The summed E-state index contributed by atoms with van der Waals surface area (Å²) in [5, 5.41) is 6.87. The molecule has 1 N–H and O–H groups in total. The summed E-state index contributed by atoms with van der Waals surface area (Å²) in [4.78, 5) is 11.3. The van der Waals surface area contributed by atoms with Gasteiger partial charge >= 0.3 is 0 Å². The lowest BCUT2D eigenvalue weighted by molar-refractivity contribution is -0.115. The van der Waals surface area contributed by atoms with Crippen LogP contribution in [0.4, 0.5) is 10.2 Å². The van der Waals surface area contributed by atoms with Crippen LogP contribution in [-0.2, 0) is 11.3 Å². The van der Waals surface area contributed by atoms with Gasteiger partial charge in [0.05, 0.1) is 11.0 Å². The van der Waals surface area contributed by atoms with E-state index >= 15 is 0 Å². The van der Waals surface area contributed by atoms with Gasteiger partial charge < -0.3 is 5.32 Å². The Balaban J connectivity index is 2.16. The topological polar surface area (TPSA) is 46.9 Å². The molecule has 0 fully saturated rings. The van der Waals surface area contributed by atoms with Crippen molar-refractivity contribution in [1.29, 1.82) is 0 Å². The fraction of sp³-hybridized carbons (Fsp3) is 0.231.